The van der Waals surface area contributed by atoms with Gasteiger partial charge in [0.2, 0.25) is 0 Å². The zero-order chi connectivity index (χ0) is 27.1. The second kappa shape index (κ2) is 13.9. The zero-order valence-electron chi connectivity index (χ0n) is 22.4. The Balaban J connectivity index is 0.00000420. The van der Waals surface area contributed by atoms with E-state index in [2.05, 4.69) is 4.98 Å². The number of benzene rings is 2. The van der Waals surface area contributed by atoms with Gasteiger partial charge in [-0.15, -0.1) is 0 Å². The van der Waals surface area contributed by atoms with E-state index in [0.29, 0.717) is 44.1 Å². The van der Waals surface area contributed by atoms with E-state index in [4.69, 9.17) is 9.47 Å². The van der Waals surface area contributed by atoms with E-state index in [1.54, 1.807) is 17.9 Å². The molecule has 1 N–H and O–H groups in total. The number of aryl methyl sites for hydroxylation is 1. The minimum absolute atomic E-state index is 0. The molecule has 0 radical (unpaired) electrons. The van der Waals surface area contributed by atoms with Crippen LogP contribution in [0.25, 0.3) is 11.2 Å². The average molecular weight is 556 g/mol. The molecule has 0 saturated carbocycles. The van der Waals surface area contributed by atoms with Crippen molar-refractivity contribution in [1.29, 1.82) is 0 Å². The summed E-state index contributed by atoms with van der Waals surface area (Å²) in [5, 5.41) is 0. The van der Waals surface area contributed by atoms with Gasteiger partial charge >= 0.3 is 11.7 Å². The summed E-state index contributed by atoms with van der Waals surface area (Å²) in [6.07, 6.45) is 1.55. The number of nitrogens with one attached hydrogen (secondary N) is 1. The molecule has 1 atom stereocenters. The number of ether oxygens (including phenoxy) is 2. The molecule has 0 amide bonds. The molecule has 1 unspecified atom stereocenters. The first-order chi connectivity index (χ1) is 18.4. The van der Waals surface area contributed by atoms with Crippen molar-refractivity contribution in [2.24, 2.45) is 14.1 Å². The Hall–Kier alpha value is -3.73. The first kappa shape index (κ1) is 29.8. The van der Waals surface area contributed by atoms with Gasteiger partial charge in [0.05, 0.1) is 26.6 Å². The monoisotopic (exact) mass is 555 g/mol. The molecule has 0 aliphatic carbocycles. The van der Waals surface area contributed by atoms with E-state index in [0.717, 1.165) is 22.2 Å². The van der Waals surface area contributed by atoms with Crippen LogP contribution >= 0.6 is 0 Å². The molecular formula is C28H34ClN5O5. The highest BCUT2D eigenvalue weighted by molar-refractivity contribution is 5.82. The summed E-state index contributed by atoms with van der Waals surface area (Å²) in [6.45, 7) is 3.06. The minimum atomic E-state index is -0.459. The Morgan fingerprint density at radius 1 is 0.897 bits per heavy atom. The van der Waals surface area contributed by atoms with Crippen molar-refractivity contribution in [1.82, 2.24) is 18.7 Å². The molecule has 0 aliphatic rings. The third-order valence-electron chi connectivity index (χ3n) is 6.64. The van der Waals surface area contributed by atoms with Gasteiger partial charge in [0, 0.05) is 20.6 Å². The van der Waals surface area contributed by atoms with E-state index in [1.807, 2.05) is 67.7 Å². The van der Waals surface area contributed by atoms with Crippen molar-refractivity contribution in [3.63, 3.8) is 0 Å². The largest absolute Gasteiger partial charge is 1.00 e. The van der Waals surface area contributed by atoms with Crippen molar-refractivity contribution in [2.45, 2.75) is 12.5 Å². The van der Waals surface area contributed by atoms with Gasteiger partial charge in [-0.2, -0.15) is 0 Å². The molecule has 2 aromatic carbocycles. The van der Waals surface area contributed by atoms with Crippen molar-refractivity contribution in [3.8, 4) is 0 Å². The lowest BCUT2D eigenvalue weighted by Gasteiger charge is -2.18. The predicted octanol–water partition coefficient (Wildman–Crippen LogP) is -2.66. The molecule has 208 valence electrons. The standard InChI is InChI=1S/C28H33N5O5.ClH/c1-30(14-17-37-18-16-33-20-29-25-24(33)26(34)32(3)28(36)31(25)2)15-19-38-27(35)23(21-10-6-4-7-11-21)22-12-8-5-9-13-22;/h4-13,20,23H,14-19H2,1-3H3;1H. The van der Waals surface area contributed by atoms with Gasteiger partial charge in [-0.25, -0.2) is 9.78 Å². The van der Waals surface area contributed by atoms with Crippen LogP contribution in [-0.2, 0) is 34.9 Å². The van der Waals surface area contributed by atoms with Gasteiger partial charge in [-0.1, -0.05) is 60.7 Å². The maximum atomic E-state index is 13.0. The summed E-state index contributed by atoms with van der Waals surface area (Å²) in [5.74, 6) is -0.720. The number of aromatic nitrogens is 4. The van der Waals surface area contributed by atoms with Crippen LogP contribution in [0, 0.1) is 0 Å². The Kier molecular flexibility index (Phi) is 10.6. The van der Waals surface area contributed by atoms with Crippen LogP contribution in [0.5, 0.6) is 0 Å². The first-order valence-electron chi connectivity index (χ1n) is 12.6. The molecule has 0 saturated heterocycles. The molecular weight excluding hydrogens is 522 g/mol. The number of hydrogen-bond acceptors (Lipinski definition) is 6. The van der Waals surface area contributed by atoms with E-state index < -0.39 is 11.6 Å². The van der Waals surface area contributed by atoms with Gasteiger partial charge < -0.3 is 31.3 Å². The van der Waals surface area contributed by atoms with Crippen LogP contribution < -0.4 is 28.6 Å². The topological polar surface area (TPSA) is 102 Å². The number of imidazole rings is 1. The number of carbonyl (C=O) groups is 1. The summed E-state index contributed by atoms with van der Waals surface area (Å²) in [7, 11) is 5.07. The third-order valence-corrected chi connectivity index (χ3v) is 6.64. The highest BCUT2D eigenvalue weighted by atomic mass is 35.5. The Morgan fingerprint density at radius 2 is 1.49 bits per heavy atom. The molecule has 4 rings (SSSR count). The number of fused-ring (bicyclic) bond motifs is 1. The van der Waals surface area contributed by atoms with Crippen LogP contribution in [-0.4, -0.2) is 64.6 Å². The molecule has 0 fully saturated rings. The fourth-order valence-corrected chi connectivity index (χ4v) is 4.37. The number of carbonyl (C=O) groups excluding carboxylic acids is 1. The molecule has 39 heavy (non-hydrogen) atoms. The molecule has 2 aromatic heterocycles. The normalized spacial score (nSPS) is 11.9. The highest BCUT2D eigenvalue weighted by Crippen LogP contribution is 2.25. The highest BCUT2D eigenvalue weighted by Gasteiger charge is 2.24. The van der Waals surface area contributed by atoms with Gasteiger partial charge in [-0.3, -0.25) is 18.7 Å². The molecule has 0 spiro atoms. The first-order valence-corrected chi connectivity index (χ1v) is 12.6. The third kappa shape index (κ3) is 7.03. The SMILES string of the molecule is Cn1c(=O)c2c(ncn2CCOCC[NH+](C)CCOC(=O)C(c2ccccc2)c2ccccc2)n(C)c1=O.[Cl-]. The summed E-state index contributed by atoms with van der Waals surface area (Å²) in [4.78, 5) is 43.0. The number of rotatable bonds is 12. The predicted molar refractivity (Wildman–Crippen MR) is 143 cm³/mol. The molecule has 0 bridgehead atoms. The maximum absolute atomic E-state index is 13.0. The Bertz CT molecular complexity index is 1440. The van der Waals surface area contributed by atoms with Crippen molar-refractivity contribution in [2.75, 3.05) is 40.0 Å². The molecule has 10 nitrogen and oxygen atoms in total. The Labute approximate surface area is 232 Å². The van der Waals surface area contributed by atoms with Gasteiger partial charge in [0.1, 0.15) is 25.6 Å². The van der Waals surface area contributed by atoms with Crippen LogP contribution in [0.1, 0.15) is 17.0 Å². The van der Waals surface area contributed by atoms with Crippen molar-refractivity contribution >= 4 is 17.1 Å². The lowest BCUT2D eigenvalue weighted by molar-refractivity contribution is -0.880. The summed E-state index contributed by atoms with van der Waals surface area (Å²) in [6, 6.07) is 19.3. The molecule has 11 heteroatoms. The zero-order valence-corrected chi connectivity index (χ0v) is 23.1. The van der Waals surface area contributed by atoms with Crippen LogP contribution in [0.4, 0.5) is 0 Å². The minimum Gasteiger partial charge on any atom is -1.00 e. The number of quaternary nitrogens is 1. The quantitative estimate of drug-likeness (QED) is 0.151. The van der Waals surface area contributed by atoms with Gasteiger partial charge in [-0.05, 0) is 11.1 Å². The Morgan fingerprint density at radius 3 is 2.10 bits per heavy atom. The number of likely N-dealkylation sites (N-methyl/N-ethyl adjacent to an activating group) is 1. The van der Waals surface area contributed by atoms with Crippen molar-refractivity contribution in [3.05, 3.63) is 99.0 Å². The fraction of sp³-hybridized carbons (Fsp3) is 0.357. The fourth-order valence-electron chi connectivity index (χ4n) is 4.37. The van der Waals surface area contributed by atoms with Gasteiger partial charge in [0.15, 0.2) is 11.2 Å². The summed E-state index contributed by atoms with van der Waals surface area (Å²) >= 11 is 0. The number of hydrogen-bond donors (Lipinski definition) is 1. The second-order valence-electron chi connectivity index (χ2n) is 9.31. The number of nitrogens with zero attached hydrogens (tertiary/aromatic N) is 4. The van der Waals surface area contributed by atoms with Crippen LogP contribution in [0.2, 0.25) is 0 Å². The number of halogens is 1. The molecule has 2 heterocycles. The second-order valence-corrected chi connectivity index (χ2v) is 9.31. The van der Waals surface area contributed by atoms with E-state index in [1.165, 1.54) is 16.5 Å². The average Bonchev–Trinajstić information content (AvgIpc) is 3.36. The smallest absolute Gasteiger partial charge is 0.332 e. The van der Waals surface area contributed by atoms with Gasteiger partial charge in [0.25, 0.3) is 5.56 Å². The summed E-state index contributed by atoms with van der Waals surface area (Å²) in [5.41, 5.74) is 1.77. The summed E-state index contributed by atoms with van der Waals surface area (Å²) < 4.78 is 15.6. The molecule has 0 aliphatic heterocycles. The van der Waals surface area contributed by atoms with Crippen molar-refractivity contribution < 1.29 is 31.6 Å². The lowest BCUT2D eigenvalue weighted by Crippen LogP contribution is -3.10. The van der Waals surface area contributed by atoms with E-state index in [9.17, 15) is 14.4 Å². The van der Waals surface area contributed by atoms with E-state index in [-0.39, 0.29) is 23.9 Å². The van der Waals surface area contributed by atoms with E-state index >= 15 is 0 Å². The van der Waals surface area contributed by atoms with Crippen LogP contribution in [0.15, 0.2) is 76.6 Å². The lowest BCUT2D eigenvalue weighted by atomic mass is 9.91. The maximum Gasteiger partial charge on any atom is 0.332 e. The molecule has 4 aromatic rings. The van der Waals surface area contributed by atoms with Crippen LogP contribution in [0.3, 0.4) is 0 Å². The number of esters is 1.